The van der Waals surface area contributed by atoms with Gasteiger partial charge in [0.1, 0.15) is 5.65 Å². The molecule has 1 unspecified atom stereocenters. The molecule has 0 spiro atoms. The molecular formula is C19H18N4O4S2. The molecule has 150 valence electrons. The van der Waals surface area contributed by atoms with E-state index in [4.69, 9.17) is 4.18 Å². The fraction of sp³-hybridized carbons (Fsp3) is 0.211. The molecule has 2 aromatic heterocycles. The van der Waals surface area contributed by atoms with Crippen LogP contribution in [0, 0.1) is 0 Å². The fourth-order valence-corrected chi connectivity index (χ4v) is 4.60. The van der Waals surface area contributed by atoms with Crippen molar-refractivity contribution in [2.24, 2.45) is 4.99 Å². The molecule has 1 fully saturated rings. The Balaban J connectivity index is 1.66. The number of carbonyl (C=O) groups is 1. The van der Waals surface area contributed by atoms with Gasteiger partial charge in [-0.1, -0.05) is 30.0 Å². The first-order valence-corrected chi connectivity index (χ1v) is 11.6. The molecule has 1 atom stereocenters. The maximum Gasteiger partial charge on any atom is 0.281 e. The summed E-state index contributed by atoms with van der Waals surface area (Å²) >= 11 is 1.39. The molecule has 1 N–H and O–H groups in total. The quantitative estimate of drug-likeness (QED) is 0.621. The van der Waals surface area contributed by atoms with Crippen molar-refractivity contribution in [1.82, 2.24) is 9.97 Å². The number of amidine groups is 1. The third-order valence-corrected chi connectivity index (χ3v) is 6.03. The van der Waals surface area contributed by atoms with E-state index in [1.54, 1.807) is 18.5 Å². The van der Waals surface area contributed by atoms with E-state index in [0.29, 0.717) is 27.5 Å². The topological polar surface area (TPSA) is 105 Å². The van der Waals surface area contributed by atoms with Crippen LogP contribution in [0.3, 0.4) is 0 Å². The molecule has 1 aromatic carbocycles. The van der Waals surface area contributed by atoms with Gasteiger partial charge in [0.15, 0.2) is 5.17 Å². The number of fused-ring (bicyclic) bond motifs is 1. The van der Waals surface area contributed by atoms with Crippen molar-refractivity contribution in [3.05, 3.63) is 60.4 Å². The number of thioether (sulfide) groups is 1. The number of aromatic amines is 1. The third kappa shape index (κ3) is 4.34. The Bertz CT molecular complexity index is 1180. The lowest BCUT2D eigenvalue weighted by atomic mass is 10.2. The number of H-pyrrole nitrogens is 1. The Morgan fingerprint density at radius 3 is 2.86 bits per heavy atom. The first-order chi connectivity index (χ1) is 13.9. The molecule has 0 aliphatic carbocycles. The Labute approximate surface area is 172 Å². The SMILES string of the molecule is CS(=O)(=O)OCC1CS/C(=N\C(=O)c2c[nH]c3ncccc23)N1c1ccccc1. The third-order valence-electron chi connectivity index (χ3n) is 4.36. The number of hydrogen-bond donors (Lipinski definition) is 1. The zero-order chi connectivity index (χ0) is 20.4. The van der Waals surface area contributed by atoms with E-state index in [1.165, 1.54) is 11.8 Å². The van der Waals surface area contributed by atoms with E-state index in [0.717, 1.165) is 11.9 Å². The van der Waals surface area contributed by atoms with Crippen LogP contribution in [0.2, 0.25) is 0 Å². The largest absolute Gasteiger partial charge is 0.345 e. The smallest absolute Gasteiger partial charge is 0.281 e. The molecule has 8 nitrogen and oxygen atoms in total. The second kappa shape index (κ2) is 7.97. The molecule has 1 aliphatic rings. The molecule has 1 amide bonds. The van der Waals surface area contributed by atoms with E-state index in [-0.39, 0.29) is 12.6 Å². The average Bonchev–Trinajstić information content (AvgIpc) is 3.30. The van der Waals surface area contributed by atoms with Crippen LogP contribution in [0.1, 0.15) is 10.4 Å². The Kier molecular flexibility index (Phi) is 5.39. The highest BCUT2D eigenvalue weighted by Gasteiger charge is 2.33. The molecule has 1 aliphatic heterocycles. The average molecular weight is 431 g/mol. The number of nitrogens with one attached hydrogen (secondary N) is 1. The fourth-order valence-electron chi connectivity index (χ4n) is 3.07. The summed E-state index contributed by atoms with van der Waals surface area (Å²) in [7, 11) is -3.57. The van der Waals surface area contributed by atoms with Crippen LogP contribution in [-0.2, 0) is 14.3 Å². The summed E-state index contributed by atoms with van der Waals surface area (Å²) in [4.78, 5) is 26.2. The van der Waals surface area contributed by atoms with Gasteiger partial charge < -0.3 is 9.88 Å². The van der Waals surface area contributed by atoms with Crippen LogP contribution in [0.4, 0.5) is 5.69 Å². The second-order valence-electron chi connectivity index (χ2n) is 6.46. The lowest BCUT2D eigenvalue weighted by molar-refractivity contribution is 0.100. The molecular weight excluding hydrogens is 412 g/mol. The number of anilines is 1. The number of aromatic nitrogens is 2. The van der Waals surface area contributed by atoms with Crippen molar-refractivity contribution in [3.63, 3.8) is 0 Å². The summed E-state index contributed by atoms with van der Waals surface area (Å²) in [6, 6.07) is 12.7. The van der Waals surface area contributed by atoms with Gasteiger partial charge in [0, 0.05) is 29.2 Å². The lowest BCUT2D eigenvalue weighted by Gasteiger charge is -2.25. The molecule has 0 bridgehead atoms. The van der Waals surface area contributed by atoms with Gasteiger partial charge >= 0.3 is 0 Å². The standard InChI is InChI=1S/C19H18N4O4S2/c1-29(25,26)27-11-14-12-28-19(23(14)13-6-3-2-4-7-13)22-18(24)16-10-21-17-15(16)8-5-9-20-17/h2-10,14H,11-12H2,1H3,(H,20,21)/b22-19-. The van der Waals surface area contributed by atoms with Crippen molar-refractivity contribution in [2.75, 3.05) is 23.5 Å². The van der Waals surface area contributed by atoms with E-state index >= 15 is 0 Å². The van der Waals surface area contributed by atoms with Crippen molar-refractivity contribution in [1.29, 1.82) is 0 Å². The number of amides is 1. The summed E-state index contributed by atoms with van der Waals surface area (Å²) < 4.78 is 27.9. The van der Waals surface area contributed by atoms with Crippen molar-refractivity contribution in [3.8, 4) is 0 Å². The highest BCUT2D eigenvalue weighted by Crippen LogP contribution is 2.31. The second-order valence-corrected chi connectivity index (χ2v) is 9.09. The Hall–Kier alpha value is -2.69. The van der Waals surface area contributed by atoms with Gasteiger partial charge in [0.2, 0.25) is 0 Å². The van der Waals surface area contributed by atoms with Crippen LogP contribution in [0.5, 0.6) is 0 Å². The summed E-state index contributed by atoms with van der Waals surface area (Å²) in [5, 5.41) is 1.20. The summed E-state index contributed by atoms with van der Waals surface area (Å²) in [5.74, 6) is 0.156. The number of pyridine rings is 1. The molecule has 3 heterocycles. The number of carbonyl (C=O) groups excluding carboxylic acids is 1. The maximum absolute atomic E-state index is 12.9. The zero-order valence-electron chi connectivity index (χ0n) is 15.5. The number of para-hydroxylation sites is 1. The van der Waals surface area contributed by atoms with Gasteiger partial charge in [-0.05, 0) is 24.3 Å². The van der Waals surface area contributed by atoms with Crippen LogP contribution in [-0.4, -0.2) is 54.1 Å². The first-order valence-electron chi connectivity index (χ1n) is 8.79. The normalized spacial score (nSPS) is 18.6. The molecule has 10 heteroatoms. The van der Waals surface area contributed by atoms with Crippen LogP contribution in [0.25, 0.3) is 11.0 Å². The summed E-state index contributed by atoms with van der Waals surface area (Å²) in [6.07, 6.45) is 4.27. The van der Waals surface area contributed by atoms with E-state index < -0.39 is 16.0 Å². The van der Waals surface area contributed by atoms with Gasteiger partial charge in [-0.3, -0.25) is 8.98 Å². The lowest BCUT2D eigenvalue weighted by Crippen LogP contribution is -2.38. The summed E-state index contributed by atoms with van der Waals surface area (Å²) in [6.45, 7) is -0.0229. The highest BCUT2D eigenvalue weighted by molar-refractivity contribution is 8.14. The van der Waals surface area contributed by atoms with Crippen molar-refractivity contribution < 1.29 is 17.4 Å². The minimum absolute atomic E-state index is 0.0229. The van der Waals surface area contributed by atoms with E-state index in [1.807, 2.05) is 41.3 Å². The van der Waals surface area contributed by atoms with Crippen molar-refractivity contribution >= 4 is 49.7 Å². The number of nitrogens with zero attached hydrogens (tertiary/aromatic N) is 3. The minimum atomic E-state index is -3.57. The predicted molar refractivity (Wildman–Crippen MR) is 114 cm³/mol. The molecule has 3 aromatic rings. The van der Waals surface area contributed by atoms with Crippen LogP contribution in [0.15, 0.2) is 59.9 Å². The number of hydrogen-bond acceptors (Lipinski definition) is 6. The molecule has 4 rings (SSSR count). The highest BCUT2D eigenvalue weighted by atomic mass is 32.2. The molecule has 1 saturated heterocycles. The Morgan fingerprint density at radius 2 is 2.10 bits per heavy atom. The zero-order valence-corrected chi connectivity index (χ0v) is 17.1. The maximum atomic E-state index is 12.9. The van der Waals surface area contributed by atoms with Crippen LogP contribution < -0.4 is 4.90 Å². The number of rotatable bonds is 5. The monoisotopic (exact) mass is 430 g/mol. The minimum Gasteiger partial charge on any atom is -0.345 e. The van der Waals surface area contributed by atoms with Gasteiger partial charge in [-0.25, -0.2) is 4.98 Å². The molecule has 0 saturated carbocycles. The number of aliphatic imine (C=N–C) groups is 1. The van der Waals surface area contributed by atoms with Gasteiger partial charge in [-0.2, -0.15) is 13.4 Å². The predicted octanol–water partition coefficient (Wildman–Crippen LogP) is 2.66. The van der Waals surface area contributed by atoms with Gasteiger partial charge in [0.05, 0.1) is 24.5 Å². The van der Waals surface area contributed by atoms with Gasteiger partial charge in [-0.15, -0.1) is 0 Å². The molecule has 0 radical (unpaired) electrons. The first kappa shape index (κ1) is 19.6. The Morgan fingerprint density at radius 1 is 1.31 bits per heavy atom. The van der Waals surface area contributed by atoms with Crippen LogP contribution >= 0.6 is 11.8 Å². The van der Waals surface area contributed by atoms with E-state index in [2.05, 4.69) is 15.0 Å². The van der Waals surface area contributed by atoms with Gasteiger partial charge in [0.25, 0.3) is 16.0 Å². The number of benzene rings is 1. The van der Waals surface area contributed by atoms with E-state index in [9.17, 15) is 13.2 Å². The summed E-state index contributed by atoms with van der Waals surface area (Å²) in [5.41, 5.74) is 1.87. The molecule has 29 heavy (non-hydrogen) atoms. The van der Waals surface area contributed by atoms with Crippen molar-refractivity contribution in [2.45, 2.75) is 6.04 Å².